The number of hydrogen-bond donors (Lipinski definition) is 0. The third-order valence-corrected chi connectivity index (χ3v) is 3.76. The van der Waals surface area contributed by atoms with Crippen molar-refractivity contribution in [2.45, 2.75) is 33.0 Å². The van der Waals surface area contributed by atoms with Gasteiger partial charge < -0.3 is 18.9 Å². The van der Waals surface area contributed by atoms with Gasteiger partial charge in [0.2, 0.25) is 0 Å². The van der Waals surface area contributed by atoms with Gasteiger partial charge in [0.1, 0.15) is 6.61 Å². The summed E-state index contributed by atoms with van der Waals surface area (Å²) >= 11 is 1.19. The van der Waals surface area contributed by atoms with Gasteiger partial charge in [-0.2, -0.15) is 0 Å². The molecule has 130 valence electrons. The number of thiazole rings is 1. The minimum atomic E-state index is -0.787. The Morgan fingerprint density at radius 2 is 2.00 bits per heavy atom. The maximum absolute atomic E-state index is 11.7. The quantitative estimate of drug-likeness (QED) is 0.579. The Labute approximate surface area is 142 Å². The molecule has 24 heavy (non-hydrogen) atoms. The molecule has 0 fully saturated rings. The van der Waals surface area contributed by atoms with E-state index in [4.69, 9.17) is 18.9 Å². The number of carbonyl (C=O) groups is 3. The predicted molar refractivity (Wildman–Crippen MR) is 83.1 cm³/mol. The molecule has 0 amide bonds. The lowest BCUT2D eigenvalue weighted by atomic mass is 10.1. The van der Waals surface area contributed by atoms with Crippen LogP contribution in [-0.4, -0.2) is 48.3 Å². The molecular formula is C15H17NO7S. The lowest BCUT2D eigenvalue weighted by Gasteiger charge is -2.28. The van der Waals surface area contributed by atoms with Crippen LogP contribution in [0, 0.1) is 0 Å². The van der Waals surface area contributed by atoms with Gasteiger partial charge in [-0.25, -0.2) is 9.78 Å². The van der Waals surface area contributed by atoms with Gasteiger partial charge in [-0.15, -0.1) is 11.3 Å². The summed E-state index contributed by atoms with van der Waals surface area (Å²) in [4.78, 5) is 38.2. The van der Waals surface area contributed by atoms with Crippen LogP contribution in [0.2, 0.25) is 0 Å². The van der Waals surface area contributed by atoms with Crippen molar-refractivity contribution in [3.63, 3.8) is 0 Å². The van der Waals surface area contributed by atoms with E-state index in [0.717, 1.165) is 0 Å². The Balaban J connectivity index is 2.20. The third kappa shape index (κ3) is 4.54. The molecule has 1 aromatic rings. The Morgan fingerprint density at radius 3 is 2.62 bits per heavy atom. The second-order valence-corrected chi connectivity index (χ2v) is 5.68. The van der Waals surface area contributed by atoms with Gasteiger partial charge >= 0.3 is 17.9 Å². The van der Waals surface area contributed by atoms with Crippen molar-refractivity contribution < 1.29 is 33.3 Å². The standard InChI is InChI=1S/C15H17NO7S/c1-4-20-15(19)10-7-24-14(16-10)12-5-11(22-8(2)17)13(6-21-12)23-9(3)18/h5,7,11,13H,4,6H2,1-3H3/t11-,13-/m1/s1. The molecular weight excluding hydrogens is 338 g/mol. The van der Waals surface area contributed by atoms with E-state index in [-0.39, 0.29) is 18.9 Å². The average molecular weight is 355 g/mol. The Morgan fingerprint density at radius 1 is 1.29 bits per heavy atom. The fourth-order valence-corrected chi connectivity index (χ4v) is 2.77. The van der Waals surface area contributed by atoms with Crippen LogP contribution in [0.1, 0.15) is 36.3 Å². The zero-order chi connectivity index (χ0) is 17.7. The lowest BCUT2D eigenvalue weighted by molar-refractivity contribution is -0.165. The molecule has 2 atom stereocenters. The molecule has 9 heteroatoms. The number of rotatable bonds is 5. The van der Waals surface area contributed by atoms with Gasteiger partial charge in [0.15, 0.2) is 28.7 Å². The summed E-state index contributed by atoms with van der Waals surface area (Å²) < 4.78 is 20.7. The third-order valence-electron chi connectivity index (χ3n) is 2.90. The van der Waals surface area contributed by atoms with E-state index in [1.807, 2.05) is 0 Å². The number of hydrogen-bond acceptors (Lipinski definition) is 9. The molecule has 0 N–H and O–H groups in total. The van der Waals surface area contributed by atoms with Crippen LogP contribution in [0.4, 0.5) is 0 Å². The molecule has 1 aliphatic rings. The second-order valence-electron chi connectivity index (χ2n) is 4.82. The highest BCUT2D eigenvalue weighted by atomic mass is 32.1. The summed E-state index contributed by atoms with van der Waals surface area (Å²) in [5.74, 6) is -1.19. The number of carbonyl (C=O) groups excluding carboxylic acids is 3. The fraction of sp³-hybridized carbons (Fsp3) is 0.467. The second kappa shape index (κ2) is 7.91. The van der Waals surface area contributed by atoms with Gasteiger partial charge in [-0.3, -0.25) is 9.59 Å². The average Bonchev–Trinajstić information content (AvgIpc) is 2.98. The molecule has 1 aliphatic heterocycles. The first-order valence-electron chi connectivity index (χ1n) is 7.22. The molecule has 0 bridgehead atoms. The molecule has 0 aromatic carbocycles. The van der Waals surface area contributed by atoms with E-state index in [9.17, 15) is 14.4 Å². The van der Waals surface area contributed by atoms with Crippen molar-refractivity contribution in [3.8, 4) is 0 Å². The highest BCUT2D eigenvalue weighted by molar-refractivity contribution is 7.10. The fourth-order valence-electron chi connectivity index (χ4n) is 2.01. The molecule has 1 aromatic heterocycles. The Kier molecular flexibility index (Phi) is 5.91. The van der Waals surface area contributed by atoms with Crippen LogP contribution in [0.25, 0.3) is 5.76 Å². The maximum atomic E-state index is 11.7. The van der Waals surface area contributed by atoms with Gasteiger partial charge in [0.05, 0.1) is 6.61 Å². The SMILES string of the molecule is CCOC(=O)c1csc(C2=C[C@@H](OC(C)=O)[C@H](OC(C)=O)CO2)n1. The van der Waals surface area contributed by atoms with E-state index in [0.29, 0.717) is 10.8 Å². The number of ether oxygens (including phenoxy) is 4. The first kappa shape index (κ1) is 17.9. The molecule has 0 spiro atoms. The van der Waals surface area contributed by atoms with Gasteiger partial charge in [-0.1, -0.05) is 0 Å². The largest absolute Gasteiger partial charge is 0.487 e. The summed E-state index contributed by atoms with van der Waals surface area (Å²) in [5.41, 5.74) is 0.174. The van der Waals surface area contributed by atoms with E-state index in [1.54, 1.807) is 12.3 Å². The van der Waals surface area contributed by atoms with Crippen molar-refractivity contribution in [2.75, 3.05) is 13.2 Å². The zero-order valence-corrected chi connectivity index (χ0v) is 14.3. The summed E-state index contributed by atoms with van der Waals surface area (Å²) in [5, 5.41) is 1.99. The van der Waals surface area contributed by atoms with E-state index in [2.05, 4.69) is 4.98 Å². The van der Waals surface area contributed by atoms with Crippen LogP contribution in [0.5, 0.6) is 0 Å². The van der Waals surface area contributed by atoms with Gasteiger partial charge in [-0.05, 0) is 6.92 Å². The topological polar surface area (TPSA) is 101 Å². The molecule has 8 nitrogen and oxygen atoms in total. The monoisotopic (exact) mass is 355 g/mol. The summed E-state index contributed by atoms with van der Waals surface area (Å²) in [6.45, 7) is 4.49. The minimum Gasteiger partial charge on any atom is -0.487 e. The molecule has 0 unspecified atom stereocenters. The number of esters is 3. The molecule has 2 heterocycles. The number of aromatic nitrogens is 1. The highest BCUT2D eigenvalue weighted by Crippen LogP contribution is 2.27. The van der Waals surface area contributed by atoms with Gasteiger partial charge in [0, 0.05) is 25.3 Å². The number of nitrogens with zero attached hydrogens (tertiary/aromatic N) is 1. The van der Waals surface area contributed by atoms with Crippen LogP contribution in [0.3, 0.4) is 0 Å². The molecule has 2 rings (SSSR count). The van der Waals surface area contributed by atoms with E-state index >= 15 is 0 Å². The van der Waals surface area contributed by atoms with Crippen LogP contribution >= 0.6 is 11.3 Å². The van der Waals surface area contributed by atoms with Crippen LogP contribution < -0.4 is 0 Å². The van der Waals surface area contributed by atoms with Crippen molar-refractivity contribution in [3.05, 3.63) is 22.2 Å². The first-order chi connectivity index (χ1) is 11.4. The summed E-state index contributed by atoms with van der Waals surface area (Å²) in [6.07, 6.45) is -0.0172. The van der Waals surface area contributed by atoms with E-state index < -0.39 is 30.1 Å². The predicted octanol–water partition coefficient (Wildman–Crippen LogP) is 1.55. The first-order valence-corrected chi connectivity index (χ1v) is 8.10. The summed E-state index contributed by atoms with van der Waals surface area (Å²) in [6, 6.07) is 0. The Bertz CT molecular complexity index is 667. The minimum absolute atomic E-state index is 0.0116. The van der Waals surface area contributed by atoms with Crippen molar-refractivity contribution >= 4 is 35.0 Å². The maximum Gasteiger partial charge on any atom is 0.357 e. The highest BCUT2D eigenvalue weighted by Gasteiger charge is 2.32. The van der Waals surface area contributed by atoms with Crippen LogP contribution in [0.15, 0.2) is 11.5 Å². The summed E-state index contributed by atoms with van der Waals surface area (Å²) in [7, 11) is 0. The molecule has 0 radical (unpaired) electrons. The molecule has 0 saturated carbocycles. The lowest BCUT2D eigenvalue weighted by Crippen LogP contribution is -2.39. The smallest absolute Gasteiger partial charge is 0.357 e. The Hall–Kier alpha value is -2.42. The van der Waals surface area contributed by atoms with Crippen molar-refractivity contribution in [2.24, 2.45) is 0 Å². The van der Waals surface area contributed by atoms with Crippen molar-refractivity contribution in [1.29, 1.82) is 0 Å². The molecule has 0 saturated heterocycles. The van der Waals surface area contributed by atoms with E-state index in [1.165, 1.54) is 31.3 Å². The van der Waals surface area contributed by atoms with Crippen molar-refractivity contribution in [1.82, 2.24) is 4.98 Å². The molecule has 0 aliphatic carbocycles. The van der Waals surface area contributed by atoms with Crippen LogP contribution in [-0.2, 0) is 28.5 Å². The zero-order valence-electron chi connectivity index (χ0n) is 13.4. The van der Waals surface area contributed by atoms with Gasteiger partial charge in [0.25, 0.3) is 0 Å². The normalized spacial score (nSPS) is 19.7.